The number of benzene rings is 1. The lowest BCUT2D eigenvalue weighted by atomic mass is 9.94. The van der Waals surface area contributed by atoms with Crippen molar-refractivity contribution in [1.29, 1.82) is 0 Å². The Labute approximate surface area is 173 Å². The number of hydrogen-bond donors (Lipinski definition) is 1. The zero-order valence-corrected chi connectivity index (χ0v) is 16.8. The minimum atomic E-state index is -4.76. The summed E-state index contributed by atoms with van der Waals surface area (Å²) in [4.78, 5) is 29.0. The van der Waals surface area contributed by atoms with Gasteiger partial charge in [0.25, 0.3) is 0 Å². The Morgan fingerprint density at radius 3 is 2.27 bits per heavy atom. The lowest BCUT2D eigenvalue weighted by Gasteiger charge is -2.37. The number of piperidine rings is 1. The van der Waals surface area contributed by atoms with Gasteiger partial charge in [-0.25, -0.2) is 0 Å². The molecule has 0 aromatic heterocycles. The summed E-state index contributed by atoms with van der Waals surface area (Å²) in [7, 11) is 0. The summed E-state index contributed by atoms with van der Waals surface area (Å²) in [5.41, 5.74) is 0.388. The Morgan fingerprint density at radius 2 is 1.70 bits per heavy atom. The SMILES string of the molecule is C[C@H](C(=O)Nc1ccc(OC(F)(F)F)cc1)N1CCC(C(=O)N2CCOCC2)CC1. The zero-order valence-electron chi connectivity index (χ0n) is 16.8. The number of carbonyl (C=O) groups is 2. The molecule has 1 aromatic carbocycles. The Hall–Kier alpha value is -2.33. The monoisotopic (exact) mass is 429 g/mol. The molecule has 0 bridgehead atoms. The van der Waals surface area contributed by atoms with Crippen LogP contribution in [0.1, 0.15) is 19.8 Å². The topological polar surface area (TPSA) is 71.1 Å². The number of nitrogens with one attached hydrogen (secondary N) is 1. The number of morpholine rings is 1. The van der Waals surface area contributed by atoms with Crippen LogP contribution in [0, 0.1) is 5.92 Å². The second-order valence-electron chi connectivity index (χ2n) is 7.49. The maximum atomic E-state index is 12.6. The lowest BCUT2D eigenvalue weighted by molar-refractivity contribution is -0.274. The highest BCUT2D eigenvalue weighted by atomic mass is 19.4. The predicted octanol–water partition coefficient (Wildman–Crippen LogP) is 2.48. The molecule has 0 aliphatic carbocycles. The van der Waals surface area contributed by atoms with E-state index in [0.717, 1.165) is 12.1 Å². The van der Waals surface area contributed by atoms with Gasteiger partial charge in [-0.1, -0.05) is 0 Å². The first-order valence-corrected chi connectivity index (χ1v) is 10.0. The zero-order chi connectivity index (χ0) is 21.7. The van der Waals surface area contributed by atoms with Gasteiger partial charge in [-0.3, -0.25) is 14.5 Å². The first-order valence-electron chi connectivity index (χ1n) is 10.0. The second-order valence-corrected chi connectivity index (χ2v) is 7.49. The average Bonchev–Trinajstić information content (AvgIpc) is 2.74. The van der Waals surface area contributed by atoms with Crippen molar-refractivity contribution < 1.29 is 32.2 Å². The number of carbonyl (C=O) groups excluding carboxylic acids is 2. The van der Waals surface area contributed by atoms with Crippen molar-refractivity contribution in [3.8, 4) is 5.75 Å². The Balaban J connectivity index is 1.47. The van der Waals surface area contributed by atoms with Gasteiger partial charge in [-0.05, 0) is 57.1 Å². The van der Waals surface area contributed by atoms with E-state index >= 15 is 0 Å². The number of anilines is 1. The normalized spacial score (nSPS) is 19.9. The predicted molar refractivity (Wildman–Crippen MR) is 103 cm³/mol. The minimum Gasteiger partial charge on any atom is -0.406 e. The van der Waals surface area contributed by atoms with Gasteiger partial charge < -0.3 is 19.7 Å². The van der Waals surface area contributed by atoms with Gasteiger partial charge in [0.15, 0.2) is 0 Å². The van der Waals surface area contributed by atoms with Gasteiger partial charge in [-0.15, -0.1) is 13.2 Å². The number of amides is 2. The van der Waals surface area contributed by atoms with Crippen LogP contribution in [0.3, 0.4) is 0 Å². The summed E-state index contributed by atoms with van der Waals surface area (Å²) in [6.45, 7) is 5.45. The van der Waals surface area contributed by atoms with Crippen LogP contribution < -0.4 is 10.1 Å². The summed E-state index contributed by atoms with van der Waals surface area (Å²) in [5, 5.41) is 2.71. The van der Waals surface area contributed by atoms with Crippen molar-refractivity contribution in [2.24, 2.45) is 5.92 Å². The third-order valence-corrected chi connectivity index (χ3v) is 5.48. The molecule has 0 unspecified atom stereocenters. The molecule has 2 saturated heterocycles. The van der Waals surface area contributed by atoms with E-state index in [0.29, 0.717) is 57.9 Å². The summed E-state index contributed by atoms with van der Waals surface area (Å²) >= 11 is 0. The van der Waals surface area contributed by atoms with Crippen LogP contribution in [0.5, 0.6) is 5.75 Å². The highest BCUT2D eigenvalue weighted by molar-refractivity contribution is 5.94. The molecule has 2 aliphatic heterocycles. The van der Waals surface area contributed by atoms with Gasteiger partial charge in [0, 0.05) is 24.7 Å². The first-order chi connectivity index (χ1) is 14.2. The molecule has 1 aromatic rings. The van der Waals surface area contributed by atoms with Crippen molar-refractivity contribution in [3.63, 3.8) is 0 Å². The molecular weight excluding hydrogens is 403 g/mol. The van der Waals surface area contributed by atoms with Crippen molar-refractivity contribution in [1.82, 2.24) is 9.80 Å². The summed E-state index contributed by atoms with van der Waals surface area (Å²) < 4.78 is 45.8. The van der Waals surface area contributed by atoms with Crippen LogP contribution in [-0.4, -0.2) is 73.4 Å². The number of nitrogens with zero attached hydrogens (tertiary/aromatic N) is 2. The second kappa shape index (κ2) is 9.65. The highest BCUT2D eigenvalue weighted by Gasteiger charge is 2.33. The minimum absolute atomic E-state index is 0.0317. The van der Waals surface area contributed by atoms with Crippen molar-refractivity contribution in [3.05, 3.63) is 24.3 Å². The van der Waals surface area contributed by atoms with E-state index in [1.165, 1.54) is 12.1 Å². The van der Waals surface area contributed by atoms with Crippen molar-refractivity contribution in [2.45, 2.75) is 32.2 Å². The Morgan fingerprint density at radius 1 is 1.10 bits per heavy atom. The first kappa shape index (κ1) is 22.4. The molecule has 3 rings (SSSR count). The maximum absolute atomic E-state index is 12.6. The summed E-state index contributed by atoms with van der Waals surface area (Å²) in [6.07, 6.45) is -3.37. The number of likely N-dealkylation sites (tertiary alicyclic amines) is 1. The molecule has 0 spiro atoms. The molecule has 1 N–H and O–H groups in total. The number of alkyl halides is 3. The van der Waals surface area contributed by atoms with Crippen molar-refractivity contribution in [2.75, 3.05) is 44.7 Å². The van der Waals surface area contributed by atoms with Gasteiger partial charge in [-0.2, -0.15) is 0 Å². The van der Waals surface area contributed by atoms with Crippen LogP contribution >= 0.6 is 0 Å². The van der Waals surface area contributed by atoms with Gasteiger partial charge in [0.05, 0.1) is 19.3 Å². The summed E-state index contributed by atoms with van der Waals surface area (Å²) in [6, 6.07) is 4.60. The fourth-order valence-corrected chi connectivity index (χ4v) is 3.73. The Kier molecular flexibility index (Phi) is 7.19. The molecular formula is C20H26F3N3O4. The molecule has 166 valence electrons. The molecule has 7 nitrogen and oxygen atoms in total. The highest BCUT2D eigenvalue weighted by Crippen LogP contribution is 2.25. The van der Waals surface area contributed by atoms with Crippen LogP contribution in [0.2, 0.25) is 0 Å². The van der Waals surface area contributed by atoms with Gasteiger partial charge in [0.2, 0.25) is 11.8 Å². The third-order valence-electron chi connectivity index (χ3n) is 5.48. The fourth-order valence-electron chi connectivity index (χ4n) is 3.73. The van der Waals surface area contributed by atoms with E-state index in [4.69, 9.17) is 4.74 Å². The van der Waals surface area contributed by atoms with E-state index in [1.807, 2.05) is 9.80 Å². The van der Waals surface area contributed by atoms with Crippen LogP contribution in [0.15, 0.2) is 24.3 Å². The number of rotatable bonds is 5. The van der Waals surface area contributed by atoms with E-state index in [9.17, 15) is 22.8 Å². The fraction of sp³-hybridized carbons (Fsp3) is 0.600. The number of ether oxygens (including phenoxy) is 2. The van der Waals surface area contributed by atoms with E-state index in [1.54, 1.807) is 6.92 Å². The number of hydrogen-bond acceptors (Lipinski definition) is 5. The van der Waals surface area contributed by atoms with Gasteiger partial charge in [0.1, 0.15) is 5.75 Å². The molecule has 1 atom stereocenters. The molecule has 2 aliphatic rings. The van der Waals surface area contributed by atoms with E-state index in [2.05, 4.69) is 10.1 Å². The molecule has 2 amide bonds. The average molecular weight is 429 g/mol. The smallest absolute Gasteiger partial charge is 0.406 e. The van der Waals surface area contributed by atoms with E-state index < -0.39 is 12.4 Å². The van der Waals surface area contributed by atoms with Gasteiger partial charge >= 0.3 is 6.36 Å². The van der Waals surface area contributed by atoms with Crippen LogP contribution in [0.4, 0.5) is 18.9 Å². The molecule has 2 fully saturated rings. The summed E-state index contributed by atoms with van der Waals surface area (Å²) in [5.74, 6) is -0.468. The Bertz CT molecular complexity index is 728. The van der Waals surface area contributed by atoms with Crippen LogP contribution in [0.25, 0.3) is 0 Å². The lowest BCUT2D eigenvalue weighted by Crippen LogP contribution is -2.50. The molecule has 0 radical (unpaired) electrons. The standard InChI is InChI=1S/C20H26F3N3O4/c1-14(18(27)24-16-2-4-17(5-3-16)30-20(21,22)23)25-8-6-15(7-9-25)19(28)26-10-12-29-13-11-26/h2-5,14-15H,6-13H2,1H3,(H,24,27)/t14-/m1/s1. The third kappa shape index (κ3) is 6.09. The van der Waals surface area contributed by atoms with Crippen LogP contribution in [-0.2, 0) is 14.3 Å². The quantitative estimate of drug-likeness (QED) is 0.779. The molecule has 10 heteroatoms. The largest absolute Gasteiger partial charge is 0.573 e. The van der Waals surface area contributed by atoms with Crippen molar-refractivity contribution >= 4 is 17.5 Å². The van der Waals surface area contributed by atoms with E-state index in [-0.39, 0.29) is 23.5 Å². The molecule has 0 saturated carbocycles. The maximum Gasteiger partial charge on any atom is 0.573 e. The molecule has 30 heavy (non-hydrogen) atoms. The number of halogens is 3. The molecule has 2 heterocycles.